The number of aryl methyl sites for hydroxylation is 1. The Labute approximate surface area is 104 Å². The number of hydrogen-bond donors (Lipinski definition) is 0. The first-order valence-electron chi connectivity index (χ1n) is 5.21. The first-order chi connectivity index (χ1) is 7.58. The fraction of sp³-hybridized carbons (Fsp3) is 0.500. The van der Waals surface area contributed by atoms with Crippen molar-refractivity contribution in [2.24, 2.45) is 0 Å². The molecule has 1 fully saturated rings. The maximum atomic E-state index is 5.36. The van der Waals surface area contributed by atoms with Crippen molar-refractivity contribution < 1.29 is 9.47 Å². The predicted octanol–water partition coefficient (Wildman–Crippen LogP) is 2.57. The van der Waals surface area contributed by atoms with Gasteiger partial charge in [0.1, 0.15) is 0 Å². The van der Waals surface area contributed by atoms with E-state index in [2.05, 4.69) is 46.0 Å². The minimum Gasteiger partial charge on any atom is -0.361 e. The van der Waals surface area contributed by atoms with E-state index in [9.17, 15) is 0 Å². The van der Waals surface area contributed by atoms with E-state index in [0.717, 1.165) is 17.6 Å². The van der Waals surface area contributed by atoms with Crippen molar-refractivity contribution >= 4 is 21.6 Å². The van der Waals surface area contributed by atoms with Crippen LogP contribution >= 0.6 is 15.9 Å². The topological polar surface area (TPSA) is 21.7 Å². The van der Waals surface area contributed by atoms with E-state index < -0.39 is 5.79 Å². The Hall–Kier alpha value is -0.580. The molecule has 1 aliphatic rings. The van der Waals surface area contributed by atoms with Gasteiger partial charge in [0.05, 0.1) is 13.1 Å². The standard InChI is InChI=1S/C12H16BrNO2/c1-9-4-10(13)6-11(5-9)14-7-12(8-14,15-2)16-3/h4-6H,7-8H2,1-3H3. The zero-order valence-corrected chi connectivity index (χ0v) is 11.4. The largest absolute Gasteiger partial charge is 0.361 e. The molecular weight excluding hydrogens is 270 g/mol. The highest BCUT2D eigenvalue weighted by Crippen LogP contribution is 2.32. The second kappa shape index (κ2) is 4.35. The second-order valence-corrected chi connectivity index (χ2v) is 5.08. The predicted molar refractivity (Wildman–Crippen MR) is 67.8 cm³/mol. The average molecular weight is 286 g/mol. The van der Waals surface area contributed by atoms with E-state index >= 15 is 0 Å². The van der Waals surface area contributed by atoms with Crippen LogP contribution in [0.5, 0.6) is 0 Å². The Morgan fingerprint density at radius 1 is 1.19 bits per heavy atom. The Morgan fingerprint density at radius 2 is 1.81 bits per heavy atom. The Morgan fingerprint density at radius 3 is 2.31 bits per heavy atom. The summed E-state index contributed by atoms with van der Waals surface area (Å²) in [5.74, 6) is -0.420. The molecule has 0 aromatic heterocycles. The summed E-state index contributed by atoms with van der Waals surface area (Å²) in [5, 5.41) is 0. The van der Waals surface area contributed by atoms with Crippen LogP contribution in [-0.2, 0) is 9.47 Å². The monoisotopic (exact) mass is 285 g/mol. The van der Waals surface area contributed by atoms with Gasteiger partial charge in [-0.1, -0.05) is 15.9 Å². The van der Waals surface area contributed by atoms with Crippen molar-refractivity contribution in [3.63, 3.8) is 0 Å². The van der Waals surface area contributed by atoms with Crippen LogP contribution in [0.4, 0.5) is 5.69 Å². The quantitative estimate of drug-likeness (QED) is 0.797. The molecule has 1 heterocycles. The highest BCUT2D eigenvalue weighted by Gasteiger charge is 2.43. The van der Waals surface area contributed by atoms with Gasteiger partial charge in [0.2, 0.25) is 5.79 Å². The van der Waals surface area contributed by atoms with Crippen LogP contribution in [0.25, 0.3) is 0 Å². The molecule has 0 unspecified atom stereocenters. The van der Waals surface area contributed by atoms with Gasteiger partial charge in [-0.15, -0.1) is 0 Å². The van der Waals surface area contributed by atoms with Crippen LogP contribution in [0.3, 0.4) is 0 Å². The summed E-state index contributed by atoms with van der Waals surface area (Å²) in [7, 11) is 3.38. The number of rotatable bonds is 3. The SMILES string of the molecule is COC1(OC)CN(c2cc(C)cc(Br)c2)C1. The van der Waals surface area contributed by atoms with E-state index in [4.69, 9.17) is 9.47 Å². The summed E-state index contributed by atoms with van der Waals surface area (Å²) >= 11 is 3.51. The van der Waals surface area contributed by atoms with E-state index in [1.807, 2.05) is 0 Å². The number of nitrogens with zero attached hydrogens (tertiary/aromatic N) is 1. The molecule has 1 aliphatic heterocycles. The lowest BCUT2D eigenvalue weighted by Gasteiger charge is -2.48. The molecule has 1 saturated heterocycles. The third-order valence-corrected chi connectivity index (χ3v) is 3.46. The van der Waals surface area contributed by atoms with Gasteiger partial charge in [0, 0.05) is 24.4 Å². The fourth-order valence-corrected chi connectivity index (χ4v) is 2.55. The molecular formula is C12H16BrNO2. The first-order valence-corrected chi connectivity index (χ1v) is 6.00. The van der Waals surface area contributed by atoms with Crippen LogP contribution in [-0.4, -0.2) is 33.1 Å². The Kier molecular flexibility index (Phi) is 3.24. The number of ether oxygens (including phenoxy) is 2. The van der Waals surface area contributed by atoms with Gasteiger partial charge in [-0.25, -0.2) is 0 Å². The molecule has 0 bridgehead atoms. The second-order valence-electron chi connectivity index (χ2n) is 4.16. The molecule has 0 saturated carbocycles. The number of benzene rings is 1. The van der Waals surface area contributed by atoms with E-state index in [-0.39, 0.29) is 0 Å². The van der Waals surface area contributed by atoms with Gasteiger partial charge in [-0.2, -0.15) is 0 Å². The molecule has 1 aromatic carbocycles. The van der Waals surface area contributed by atoms with Crippen LogP contribution in [0.1, 0.15) is 5.56 Å². The summed E-state index contributed by atoms with van der Waals surface area (Å²) in [6.45, 7) is 3.64. The summed E-state index contributed by atoms with van der Waals surface area (Å²) in [6.07, 6.45) is 0. The summed E-state index contributed by atoms with van der Waals surface area (Å²) in [5.41, 5.74) is 2.45. The smallest absolute Gasteiger partial charge is 0.203 e. The molecule has 1 aromatic rings. The first kappa shape index (κ1) is 11.9. The Bertz CT molecular complexity index is 362. The van der Waals surface area contributed by atoms with Gasteiger partial charge in [-0.05, 0) is 30.7 Å². The number of halogens is 1. The lowest BCUT2D eigenvalue weighted by atomic mass is 10.1. The molecule has 4 heteroatoms. The maximum absolute atomic E-state index is 5.36. The third-order valence-electron chi connectivity index (χ3n) is 3.00. The van der Waals surface area contributed by atoms with Crippen LogP contribution in [0.15, 0.2) is 22.7 Å². The van der Waals surface area contributed by atoms with Crippen molar-refractivity contribution in [3.05, 3.63) is 28.2 Å². The molecule has 16 heavy (non-hydrogen) atoms. The third kappa shape index (κ3) is 2.10. The maximum Gasteiger partial charge on any atom is 0.203 e. The van der Waals surface area contributed by atoms with Gasteiger partial charge in [0.25, 0.3) is 0 Å². The van der Waals surface area contributed by atoms with Gasteiger partial charge in [0.15, 0.2) is 0 Å². The molecule has 0 amide bonds. The van der Waals surface area contributed by atoms with Gasteiger partial charge in [-0.3, -0.25) is 0 Å². The molecule has 88 valence electrons. The van der Waals surface area contributed by atoms with Crippen molar-refractivity contribution in [1.82, 2.24) is 0 Å². The minimum absolute atomic E-state index is 0.420. The van der Waals surface area contributed by atoms with Gasteiger partial charge < -0.3 is 14.4 Å². The van der Waals surface area contributed by atoms with Crippen LogP contribution in [0, 0.1) is 6.92 Å². The molecule has 0 aliphatic carbocycles. The highest BCUT2D eigenvalue weighted by atomic mass is 79.9. The molecule has 3 nitrogen and oxygen atoms in total. The lowest BCUT2D eigenvalue weighted by molar-refractivity contribution is -0.219. The van der Waals surface area contributed by atoms with Crippen molar-refractivity contribution in [3.8, 4) is 0 Å². The number of hydrogen-bond acceptors (Lipinski definition) is 3. The van der Waals surface area contributed by atoms with E-state index in [1.165, 1.54) is 11.3 Å². The average Bonchev–Trinajstić information content (AvgIpc) is 2.16. The molecule has 0 spiro atoms. The van der Waals surface area contributed by atoms with E-state index in [1.54, 1.807) is 14.2 Å². The summed E-state index contributed by atoms with van der Waals surface area (Å²) in [4.78, 5) is 2.24. The molecule has 0 radical (unpaired) electrons. The summed E-state index contributed by atoms with van der Waals surface area (Å²) < 4.78 is 11.8. The molecule has 0 N–H and O–H groups in total. The summed E-state index contributed by atoms with van der Waals surface area (Å²) in [6, 6.07) is 6.38. The van der Waals surface area contributed by atoms with Crippen molar-refractivity contribution in [2.45, 2.75) is 12.7 Å². The van der Waals surface area contributed by atoms with Gasteiger partial charge >= 0.3 is 0 Å². The number of methoxy groups -OCH3 is 2. The van der Waals surface area contributed by atoms with Crippen LogP contribution < -0.4 is 4.90 Å². The highest BCUT2D eigenvalue weighted by molar-refractivity contribution is 9.10. The fourth-order valence-electron chi connectivity index (χ4n) is 1.96. The zero-order valence-electron chi connectivity index (χ0n) is 9.79. The van der Waals surface area contributed by atoms with E-state index in [0.29, 0.717) is 0 Å². The molecule has 2 rings (SSSR count). The minimum atomic E-state index is -0.420. The Balaban J connectivity index is 2.11. The molecule has 0 atom stereocenters. The van der Waals surface area contributed by atoms with Crippen LogP contribution in [0.2, 0.25) is 0 Å². The lowest BCUT2D eigenvalue weighted by Crippen LogP contribution is -2.64. The van der Waals surface area contributed by atoms with Crippen molar-refractivity contribution in [1.29, 1.82) is 0 Å². The zero-order chi connectivity index (χ0) is 11.8. The van der Waals surface area contributed by atoms with Crippen molar-refractivity contribution in [2.75, 3.05) is 32.2 Å². The number of anilines is 1. The normalized spacial score (nSPS) is 18.4.